The number of hydrogen-bond donors (Lipinski definition) is 2. The summed E-state index contributed by atoms with van der Waals surface area (Å²) in [6.07, 6.45) is 2.74. The third-order valence-corrected chi connectivity index (χ3v) is 5.00. The van der Waals surface area contributed by atoms with E-state index < -0.39 is 5.82 Å². The minimum atomic E-state index is -0.591. The Morgan fingerprint density at radius 3 is 2.81 bits per heavy atom. The number of carbonyl (C=O) groups excluding carboxylic acids is 1. The van der Waals surface area contributed by atoms with Gasteiger partial charge in [0.15, 0.2) is 0 Å². The third kappa shape index (κ3) is 4.26. The van der Waals surface area contributed by atoms with Gasteiger partial charge in [-0.1, -0.05) is 6.07 Å². The number of nitrogens with zero attached hydrogens (tertiary/aromatic N) is 1. The van der Waals surface area contributed by atoms with E-state index in [1.165, 1.54) is 22.8 Å². The van der Waals surface area contributed by atoms with Gasteiger partial charge in [0.25, 0.3) is 5.56 Å². The molecule has 1 aromatic carbocycles. The minimum Gasteiger partial charge on any atom is -0.378 e. The molecule has 0 bridgehead atoms. The molecule has 3 atom stereocenters. The van der Waals surface area contributed by atoms with Crippen LogP contribution in [0.3, 0.4) is 0 Å². The van der Waals surface area contributed by atoms with E-state index in [0.717, 1.165) is 0 Å². The highest BCUT2D eigenvalue weighted by atomic mass is 19.1. The van der Waals surface area contributed by atoms with Crippen molar-refractivity contribution in [3.63, 3.8) is 0 Å². The number of anilines is 1. The van der Waals surface area contributed by atoms with Crippen LogP contribution in [0.15, 0.2) is 47.4 Å². The predicted octanol–water partition coefficient (Wildman–Crippen LogP) is 2.31. The largest absolute Gasteiger partial charge is 0.378 e. The van der Waals surface area contributed by atoms with Crippen LogP contribution >= 0.6 is 0 Å². The van der Waals surface area contributed by atoms with Gasteiger partial charge in [0.05, 0.1) is 17.5 Å². The molecule has 7 heteroatoms. The first-order valence-corrected chi connectivity index (χ1v) is 9.13. The zero-order chi connectivity index (χ0) is 19.4. The molecule has 3 unspecified atom stereocenters. The third-order valence-electron chi connectivity index (χ3n) is 5.00. The highest BCUT2D eigenvalue weighted by Gasteiger charge is 2.37. The van der Waals surface area contributed by atoms with E-state index in [1.807, 2.05) is 6.92 Å². The molecule has 0 radical (unpaired) electrons. The first-order chi connectivity index (χ1) is 13.0. The normalized spacial score (nSPS) is 22.0. The van der Waals surface area contributed by atoms with Gasteiger partial charge < -0.3 is 15.8 Å². The van der Waals surface area contributed by atoms with E-state index in [9.17, 15) is 14.0 Å². The van der Waals surface area contributed by atoms with Crippen molar-refractivity contribution in [2.75, 3.05) is 18.5 Å². The summed E-state index contributed by atoms with van der Waals surface area (Å²) in [5.41, 5.74) is 6.02. The minimum absolute atomic E-state index is 0.0343. The molecule has 1 heterocycles. The molecule has 6 nitrogen and oxygen atoms in total. The van der Waals surface area contributed by atoms with E-state index in [4.69, 9.17) is 10.5 Å². The average Bonchev–Trinajstić information content (AvgIpc) is 3.07. The number of rotatable bonds is 6. The first-order valence-electron chi connectivity index (χ1n) is 9.13. The number of nitrogens with two attached hydrogens (primary N) is 1. The summed E-state index contributed by atoms with van der Waals surface area (Å²) in [5, 5.41) is 2.66. The summed E-state index contributed by atoms with van der Waals surface area (Å²) in [6, 6.07) is 9.01. The van der Waals surface area contributed by atoms with Crippen molar-refractivity contribution >= 4 is 11.6 Å². The van der Waals surface area contributed by atoms with E-state index in [0.29, 0.717) is 31.7 Å². The van der Waals surface area contributed by atoms with Crippen molar-refractivity contribution in [1.29, 1.82) is 0 Å². The van der Waals surface area contributed by atoms with Gasteiger partial charge in [-0.2, -0.15) is 0 Å². The molecule has 1 aliphatic rings. The smallest absolute Gasteiger partial charge is 0.255 e. The Labute approximate surface area is 157 Å². The quantitative estimate of drug-likeness (QED) is 0.814. The maximum atomic E-state index is 14.5. The Morgan fingerprint density at radius 2 is 2.15 bits per heavy atom. The van der Waals surface area contributed by atoms with Gasteiger partial charge in [0, 0.05) is 30.9 Å². The van der Waals surface area contributed by atoms with Crippen molar-refractivity contribution in [1.82, 2.24) is 4.57 Å². The number of hydrogen-bond acceptors (Lipinski definition) is 4. The Morgan fingerprint density at radius 1 is 1.33 bits per heavy atom. The standard InChI is InChI=1S/C20H24FN3O3/c1-2-27-18-10-13(9-14(18)12-22)20(26)23-17-7-6-15(11-16(17)21)24-8-4-3-5-19(24)25/h3-8,11,13-14,18H,2,9-10,12,22H2,1H3,(H,23,26). The topological polar surface area (TPSA) is 86.3 Å². The van der Waals surface area contributed by atoms with Gasteiger partial charge in [-0.15, -0.1) is 0 Å². The molecule has 27 heavy (non-hydrogen) atoms. The monoisotopic (exact) mass is 373 g/mol. The number of pyridine rings is 1. The molecule has 2 aromatic rings. The molecule has 1 saturated carbocycles. The van der Waals surface area contributed by atoms with Gasteiger partial charge in [0.1, 0.15) is 5.82 Å². The fourth-order valence-corrected chi connectivity index (χ4v) is 3.60. The maximum absolute atomic E-state index is 14.5. The van der Waals surface area contributed by atoms with Gasteiger partial charge >= 0.3 is 0 Å². The summed E-state index contributed by atoms with van der Waals surface area (Å²) in [4.78, 5) is 24.4. The van der Waals surface area contributed by atoms with Crippen molar-refractivity contribution in [2.45, 2.75) is 25.9 Å². The summed E-state index contributed by atoms with van der Waals surface area (Å²) < 4.78 is 21.5. The van der Waals surface area contributed by atoms with E-state index in [2.05, 4.69) is 5.32 Å². The zero-order valence-electron chi connectivity index (χ0n) is 15.2. The lowest BCUT2D eigenvalue weighted by atomic mass is 10.0. The van der Waals surface area contributed by atoms with Crippen molar-refractivity contribution in [2.24, 2.45) is 17.6 Å². The van der Waals surface area contributed by atoms with Crippen LogP contribution < -0.4 is 16.6 Å². The number of ether oxygens (including phenoxy) is 1. The Balaban J connectivity index is 1.72. The van der Waals surface area contributed by atoms with Gasteiger partial charge in [-0.05, 0) is 50.4 Å². The van der Waals surface area contributed by atoms with Crippen molar-refractivity contribution in [3.8, 4) is 5.69 Å². The Hall–Kier alpha value is -2.51. The molecule has 1 aliphatic carbocycles. The molecule has 1 fully saturated rings. The first kappa shape index (κ1) is 19.3. The fraction of sp³-hybridized carbons (Fsp3) is 0.400. The summed E-state index contributed by atoms with van der Waals surface area (Å²) in [6.45, 7) is 2.95. The second-order valence-corrected chi connectivity index (χ2v) is 6.72. The SMILES string of the molecule is CCOC1CC(C(=O)Nc2ccc(-n3ccccc3=O)cc2F)CC1CN. The number of benzene rings is 1. The van der Waals surface area contributed by atoms with Crippen LogP contribution in [0.4, 0.5) is 10.1 Å². The number of amides is 1. The molecule has 0 aliphatic heterocycles. The van der Waals surface area contributed by atoms with Crippen LogP contribution in [0.5, 0.6) is 0 Å². The van der Waals surface area contributed by atoms with Crippen LogP contribution in [0.25, 0.3) is 5.69 Å². The van der Waals surface area contributed by atoms with Gasteiger partial charge in [0.2, 0.25) is 5.91 Å². The predicted molar refractivity (Wildman–Crippen MR) is 101 cm³/mol. The second kappa shape index (κ2) is 8.45. The summed E-state index contributed by atoms with van der Waals surface area (Å²) in [7, 11) is 0. The average molecular weight is 373 g/mol. The number of nitrogens with one attached hydrogen (secondary N) is 1. The fourth-order valence-electron chi connectivity index (χ4n) is 3.60. The molecule has 0 saturated heterocycles. The molecular formula is C20H24FN3O3. The lowest BCUT2D eigenvalue weighted by Gasteiger charge is -2.16. The summed E-state index contributed by atoms with van der Waals surface area (Å²) >= 11 is 0. The number of aromatic nitrogens is 1. The number of halogens is 1. The molecular weight excluding hydrogens is 349 g/mol. The van der Waals surface area contributed by atoms with E-state index in [1.54, 1.807) is 24.4 Å². The van der Waals surface area contributed by atoms with Crippen molar-refractivity contribution < 1.29 is 13.9 Å². The lowest BCUT2D eigenvalue weighted by Crippen LogP contribution is -2.25. The van der Waals surface area contributed by atoms with Crippen LogP contribution in [0, 0.1) is 17.7 Å². The molecule has 3 N–H and O–H groups in total. The lowest BCUT2D eigenvalue weighted by molar-refractivity contribution is -0.120. The number of carbonyl (C=O) groups is 1. The van der Waals surface area contributed by atoms with Crippen LogP contribution in [0.1, 0.15) is 19.8 Å². The second-order valence-electron chi connectivity index (χ2n) is 6.72. The van der Waals surface area contributed by atoms with E-state index >= 15 is 0 Å². The van der Waals surface area contributed by atoms with Crippen LogP contribution in [-0.4, -0.2) is 29.7 Å². The molecule has 0 spiro atoms. The van der Waals surface area contributed by atoms with Crippen LogP contribution in [-0.2, 0) is 9.53 Å². The van der Waals surface area contributed by atoms with Crippen molar-refractivity contribution in [3.05, 3.63) is 58.8 Å². The van der Waals surface area contributed by atoms with Gasteiger partial charge in [-0.3, -0.25) is 14.2 Å². The van der Waals surface area contributed by atoms with Gasteiger partial charge in [-0.25, -0.2) is 4.39 Å². The molecule has 1 amide bonds. The maximum Gasteiger partial charge on any atom is 0.255 e. The molecule has 1 aromatic heterocycles. The highest BCUT2D eigenvalue weighted by Crippen LogP contribution is 2.34. The molecule has 3 rings (SSSR count). The Bertz CT molecular complexity index is 868. The zero-order valence-corrected chi connectivity index (χ0v) is 15.2. The van der Waals surface area contributed by atoms with Crippen LogP contribution in [0.2, 0.25) is 0 Å². The summed E-state index contributed by atoms with van der Waals surface area (Å²) in [5.74, 6) is -0.950. The highest BCUT2D eigenvalue weighted by molar-refractivity contribution is 5.93. The molecule has 144 valence electrons. The Kier molecular flexibility index (Phi) is 6.03. The van der Waals surface area contributed by atoms with E-state index in [-0.39, 0.29) is 35.1 Å².